The molecule has 72 valence electrons. The van der Waals surface area contributed by atoms with Gasteiger partial charge in [-0.2, -0.15) is 0 Å². The molecule has 1 atom stereocenters. The first kappa shape index (κ1) is 12.4. The Labute approximate surface area is 88.3 Å². The average Bonchev–Trinajstić information content (AvgIpc) is 2.03. The zero-order chi connectivity index (χ0) is 9.56. The predicted molar refractivity (Wildman–Crippen MR) is 55.1 cm³/mol. The normalized spacial score (nSPS) is 15.7. The van der Waals surface area contributed by atoms with Gasteiger partial charge in [-0.3, -0.25) is 0 Å². The SMILES string of the molecule is CCCCCC(Cl)C(Cl)=C(O)Cl. The van der Waals surface area contributed by atoms with Gasteiger partial charge in [0.25, 0.3) is 0 Å². The van der Waals surface area contributed by atoms with Gasteiger partial charge < -0.3 is 5.11 Å². The lowest BCUT2D eigenvalue weighted by atomic mass is 10.1. The van der Waals surface area contributed by atoms with E-state index in [1.54, 1.807) is 0 Å². The fourth-order valence-electron chi connectivity index (χ4n) is 0.830. The van der Waals surface area contributed by atoms with E-state index >= 15 is 0 Å². The lowest BCUT2D eigenvalue weighted by Crippen LogP contribution is -1.99. The van der Waals surface area contributed by atoms with E-state index in [-0.39, 0.29) is 10.4 Å². The van der Waals surface area contributed by atoms with Gasteiger partial charge in [-0.25, -0.2) is 0 Å². The molecule has 0 aliphatic rings. The molecule has 1 nitrogen and oxygen atoms in total. The van der Waals surface area contributed by atoms with Gasteiger partial charge in [0.05, 0.1) is 10.4 Å². The van der Waals surface area contributed by atoms with Crippen molar-refractivity contribution in [1.82, 2.24) is 0 Å². The standard InChI is InChI=1S/C8H13Cl3O/c1-2-3-4-5-6(9)7(10)8(11)12/h6,12H,2-5H2,1H3. The Bertz CT molecular complexity index is 152. The third kappa shape index (κ3) is 5.13. The number of unbranched alkanes of at least 4 members (excludes halogenated alkanes) is 2. The molecule has 0 aromatic rings. The van der Waals surface area contributed by atoms with Crippen molar-refractivity contribution in [2.24, 2.45) is 0 Å². The van der Waals surface area contributed by atoms with Crippen LogP contribution in [0.1, 0.15) is 32.6 Å². The van der Waals surface area contributed by atoms with Gasteiger partial charge in [0.15, 0.2) is 0 Å². The van der Waals surface area contributed by atoms with E-state index in [0.717, 1.165) is 25.7 Å². The van der Waals surface area contributed by atoms with E-state index in [1.807, 2.05) is 0 Å². The zero-order valence-electron chi connectivity index (χ0n) is 6.99. The van der Waals surface area contributed by atoms with Crippen molar-refractivity contribution in [2.45, 2.75) is 38.0 Å². The number of hydrogen-bond donors (Lipinski definition) is 1. The van der Waals surface area contributed by atoms with Gasteiger partial charge >= 0.3 is 0 Å². The Morgan fingerprint density at radius 1 is 1.33 bits per heavy atom. The molecule has 12 heavy (non-hydrogen) atoms. The summed E-state index contributed by atoms with van der Waals surface area (Å²) >= 11 is 16.7. The highest BCUT2D eigenvalue weighted by atomic mass is 35.5. The molecular weight excluding hydrogens is 218 g/mol. The van der Waals surface area contributed by atoms with Gasteiger partial charge in [-0.05, 0) is 18.0 Å². The largest absolute Gasteiger partial charge is 0.498 e. The topological polar surface area (TPSA) is 20.2 Å². The first-order valence-electron chi connectivity index (χ1n) is 3.97. The lowest BCUT2D eigenvalue weighted by molar-refractivity contribution is 0.446. The number of rotatable bonds is 5. The average molecular weight is 232 g/mol. The Morgan fingerprint density at radius 2 is 1.92 bits per heavy atom. The molecule has 4 heteroatoms. The predicted octanol–water partition coefficient (Wildman–Crippen LogP) is 4.38. The van der Waals surface area contributed by atoms with E-state index in [9.17, 15) is 0 Å². The van der Waals surface area contributed by atoms with E-state index in [4.69, 9.17) is 39.9 Å². The van der Waals surface area contributed by atoms with Crippen LogP contribution < -0.4 is 0 Å². The van der Waals surface area contributed by atoms with Crippen molar-refractivity contribution in [3.8, 4) is 0 Å². The van der Waals surface area contributed by atoms with E-state index in [2.05, 4.69) is 6.92 Å². The van der Waals surface area contributed by atoms with Gasteiger partial charge in [-0.15, -0.1) is 11.6 Å². The lowest BCUT2D eigenvalue weighted by Gasteiger charge is -2.06. The van der Waals surface area contributed by atoms with Crippen LogP contribution in [-0.2, 0) is 0 Å². The Kier molecular flexibility index (Phi) is 7.11. The van der Waals surface area contributed by atoms with Crippen LogP contribution in [0.5, 0.6) is 0 Å². The van der Waals surface area contributed by atoms with Crippen LogP contribution in [0.25, 0.3) is 0 Å². The highest BCUT2D eigenvalue weighted by Gasteiger charge is 2.12. The van der Waals surface area contributed by atoms with E-state index in [1.165, 1.54) is 0 Å². The summed E-state index contributed by atoms with van der Waals surface area (Å²) < 4.78 is 0. The summed E-state index contributed by atoms with van der Waals surface area (Å²) in [5.41, 5.74) is 0. The second-order valence-corrected chi connectivity index (χ2v) is 3.89. The molecule has 1 N–H and O–H groups in total. The second-order valence-electron chi connectivity index (χ2n) is 2.60. The van der Waals surface area contributed by atoms with Crippen LogP contribution >= 0.6 is 34.8 Å². The fourth-order valence-corrected chi connectivity index (χ4v) is 1.38. The molecule has 0 rings (SSSR count). The molecule has 0 saturated carbocycles. The molecule has 0 saturated heterocycles. The summed E-state index contributed by atoms with van der Waals surface area (Å²) in [5, 5.41) is 8.18. The van der Waals surface area contributed by atoms with Crippen LogP contribution in [0.2, 0.25) is 0 Å². The molecule has 0 radical (unpaired) electrons. The maximum Gasteiger partial charge on any atom is 0.200 e. The van der Waals surface area contributed by atoms with Crippen molar-refractivity contribution in [3.05, 3.63) is 10.3 Å². The molecule has 0 amide bonds. The molecule has 0 aromatic heterocycles. The Morgan fingerprint density at radius 3 is 2.33 bits per heavy atom. The van der Waals surface area contributed by atoms with Crippen LogP contribution in [0.15, 0.2) is 10.3 Å². The fraction of sp³-hybridized carbons (Fsp3) is 0.750. The number of aliphatic hydroxyl groups is 1. The molecule has 0 aromatic carbocycles. The molecule has 0 aliphatic heterocycles. The number of halogens is 3. The molecule has 0 fully saturated rings. The Balaban J connectivity index is 3.72. The molecule has 0 aliphatic carbocycles. The summed E-state index contributed by atoms with van der Waals surface area (Å²) in [7, 11) is 0. The number of alkyl halides is 1. The van der Waals surface area contributed by atoms with Crippen molar-refractivity contribution in [2.75, 3.05) is 0 Å². The second kappa shape index (κ2) is 6.88. The van der Waals surface area contributed by atoms with E-state index < -0.39 is 5.22 Å². The van der Waals surface area contributed by atoms with Crippen LogP contribution in [-0.4, -0.2) is 10.5 Å². The van der Waals surface area contributed by atoms with Gasteiger partial charge in [0.1, 0.15) is 0 Å². The highest BCUT2D eigenvalue weighted by Crippen LogP contribution is 2.24. The minimum absolute atomic E-state index is 0.148. The molecule has 0 bridgehead atoms. The van der Waals surface area contributed by atoms with Crippen molar-refractivity contribution >= 4 is 34.8 Å². The van der Waals surface area contributed by atoms with E-state index in [0.29, 0.717) is 0 Å². The van der Waals surface area contributed by atoms with Crippen LogP contribution in [0, 0.1) is 0 Å². The molecule has 0 spiro atoms. The van der Waals surface area contributed by atoms with Gasteiger partial charge in [-0.1, -0.05) is 37.8 Å². The molecular formula is C8H13Cl3O. The van der Waals surface area contributed by atoms with Gasteiger partial charge in [0, 0.05) is 0 Å². The minimum atomic E-state index is -0.395. The van der Waals surface area contributed by atoms with Crippen molar-refractivity contribution in [3.63, 3.8) is 0 Å². The monoisotopic (exact) mass is 230 g/mol. The third-order valence-corrected chi connectivity index (χ3v) is 2.82. The summed E-state index contributed by atoms with van der Waals surface area (Å²) in [4.78, 5) is 0. The first-order chi connectivity index (χ1) is 5.59. The minimum Gasteiger partial charge on any atom is -0.498 e. The summed E-state index contributed by atoms with van der Waals surface area (Å²) in [6.45, 7) is 2.11. The zero-order valence-corrected chi connectivity index (χ0v) is 9.25. The van der Waals surface area contributed by atoms with Gasteiger partial charge in [0.2, 0.25) is 5.22 Å². The van der Waals surface area contributed by atoms with Crippen molar-refractivity contribution in [1.29, 1.82) is 0 Å². The summed E-state index contributed by atoms with van der Waals surface area (Å²) in [6.07, 6.45) is 4.02. The molecule has 1 unspecified atom stereocenters. The highest BCUT2D eigenvalue weighted by molar-refractivity contribution is 6.42. The summed E-state index contributed by atoms with van der Waals surface area (Å²) in [6, 6.07) is 0. The quantitative estimate of drug-likeness (QED) is 0.423. The smallest absolute Gasteiger partial charge is 0.200 e. The first-order valence-corrected chi connectivity index (χ1v) is 5.17. The number of hydrogen-bond acceptors (Lipinski definition) is 1. The molecule has 0 heterocycles. The van der Waals surface area contributed by atoms with Crippen molar-refractivity contribution < 1.29 is 5.11 Å². The third-order valence-electron chi connectivity index (χ3n) is 1.53. The van der Waals surface area contributed by atoms with Crippen LogP contribution in [0.4, 0.5) is 0 Å². The maximum atomic E-state index is 8.78. The summed E-state index contributed by atoms with van der Waals surface area (Å²) in [5.74, 6) is 0. The van der Waals surface area contributed by atoms with Crippen LogP contribution in [0.3, 0.4) is 0 Å². The number of aliphatic hydroxyl groups excluding tert-OH is 1. The number of allylic oxidation sites excluding steroid dienone is 1. The maximum absolute atomic E-state index is 8.78. The Hall–Kier alpha value is 0.410.